The summed E-state index contributed by atoms with van der Waals surface area (Å²) < 4.78 is 5.02. The minimum absolute atomic E-state index is 0.0482. The van der Waals surface area contributed by atoms with Gasteiger partial charge in [-0.1, -0.05) is 19.9 Å². The molecule has 0 N–H and O–H groups in total. The van der Waals surface area contributed by atoms with E-state index in [4.69, 9.17) is 14.9 Å². The predicted octanol–water partition coefficient (Wildman–Crippen LogP) is 1.75. The number of allylic oxidation sites excluding steroid dienone is 1. The first-order chi connectivity index (χ1) is 7.69. The zero-order valence-electron chi connectivity index (χ0n) is 9.86. The Morgan fingerprint density at radius 1 is 1.50 bits per heavy atom. The molecule has 0 aromatic carbocycles. The van der Waals surface area contributed by atoms with Crippen LogP contribution in [-0.2, 0) is 19.3 Å². The molecular weight excluding hydrogens is 210 g/mol. The van der Waals surface area contributed by atoms with Crippen LogP contribution in [0.2, 0.25) is 0 Å². The van der Waals surface area contributed by atoms with E-state index in [1.807, 2.05) is 13.8 Å². The van der Waals surface area contributed by atoms with Gasteiger partial charge in [-0.25, -0.2) is 4.79 Å². The Kier molecular flexibility index (Phi) is 8.12. The van der Waals surface area contributed by atoms with Crippen LogP contribution in [0.1, 0.15) is 26.7 Å². The van der Waals surface area contributed by atoms with Gasteiger partial charge >= 0.3 is 5.97 Å². The minimum atomic E-state index is -0.768. The SMILES string of the molecule is CCC=C(C#N)C(=O)OOCC(CC)OC. The molecule has 0 aromatic heterocycles. The second-order valence-corrected chi connectivity index (χ2v) is 3.06. The first-order valence-corrected chi connectivity index (χ1v) is 5.16. The Morgan fingerprint density at radius 2 is 2.19 bits per heavy atom. The van der Waals surface area contributed by atoms with Crippen molar-refractivity contribution in [1.29, 1.82) is 5.26 Å². The van der Waals surface area contributed by atoms with E-state index in [1.165, 1.54) is 6.08 Å². The molecule has 5 nitrogen and oxygen atoms in total. The van der Waals surface area contributed by atoms with Crippen LogP contribution < -0.4 is 0 Å². The molecule has 0 bridgehead atoms. The van der Waals surface area contributed by atoms with E-state index in [0.717, 1.165) is 6.42 Å². The Morgan fingerprint density at radius 3 is 2.62 bits per heavy atom. The Bertz CT molecular complexity index is 276. The molecule has 0 rings (SSSR count). The number of hydrogen-bond donors (Lipinski definition) is 0. The Hall–Kier alpha value is -1.38. The smallest absolute Gasteiger partial charge is 0.379 e. The van der Waals surface area contributed by atoms with Gasteiger partial charge in [-0.15, -0.1) is 0 Å². The van der Waals surface area contributed by atoms with Crippen molar-refractivity contribution in [2.45, 2.75) is 32.8 Å². The molecule has 90 valence electrons. The average molecular weight is 227 g/mol. The maximum atomic E-state index is 11.2. The highest BCUT2D eigenvalue weighted by atomic mass is 17.2. The summed E-state index contributed by atoms with van der Waals surface area (Å²) in [5.41, 5.74) is -0.0482. The molecular formula is C11H17NO4. The van der Waals surface area contributed by atoms with Crippen LogP contribution in [0.4, 0.5) is 0 Å². The largest absolute Gasteiger partial charge is 0.383 e. The van der Waals surface area contributed by atoms with E-state index >= 15 is 0 Å². The van der Waals surface area contributed by atoms with Crippen LogP contribution in [0.25, 0.3) is 0 Å². The first kappa shape index (κ1) is 14.6. The van der Waals surface area contributed by atoms with Crippen molar-refractivity contribution in [3.05, 3.63) is 11.6 Å². The van der Waals surface area contributed by atoms with Gasteiger partial charge in [0.1, 0.15) is 18.2 Å². The van der Waals surface area contributed by atoms with Crippen molar-refractivity contribution < 1.29 is 19.3 Å². The summed E-state index contributed by atoms with van der Waals surface area (Å²) in [7, 11) is 1.55. The highest BCUT2D eigenvalue weighted by molar-refractivity contribution is 5.92. The number of rotatable bonds is 7. The fraction of sp³-hybridized carbons (Fsp3) is 0.636. The van der Waals surface area contributed by atoms with Gasteiger partial charge in [0, 0.05) is 7.11 Å². The molecule has 0 aliphatic heterocycles. The average Bonchev–Trinajstić information content (AvgIpc) is 2.31. The highest BCUT2D eigenvalue weighted by Crippen LogP contribution is 2.01. The standard InChI is InChI=1S/C11H17NO4/c1-4-6-9(7-12)11(13)16-15-8-10(5-2)14-3/h6,10H,4-5,8H2,1-3H3. The van der Waals surface area contributed by atoms with Gasteiger partial charge in [0.25, 0.3) is 0 Å². The summed E-state index contributed by atoms with van der Waals surface area (Å²) in [6.45, 7) is 3.91. The number of methoxy groups -OCH3 is 1. The summed E-state index contributed by atoms with van der Waals surface area (Å²) in [4.78, 5) is 20.4. The molecule has 1 unspecified atom stereocenters. The molecule has 0 heterocycles. The summed E-state index contributed by atoms with van der Waals surface area (Å²) in [5, 5.41) is 8.63. The molecule has 16 heavy (non-hydrogen) atoms. The summed E-state index contributed by atoms with van der Waals surface area (Å²) in [6, 6.07) is 1.74. The molecule has 1 atom stereocenters. The van der Waals surface area contributed by atoms with Gasteiger partial charge in [0.15, 0.2) is 0 Å². The lowest BCUT2D eigenvalue weighted by atomic mass is 10.2. The second-order valence-electron chi connectivity index (χ2n) is 3.06. The number of carbonyl (C=O) groups excluding carboxylic acids is 1. The van der Waals surface area contributed by atoms with Gasteiger partial charge in [-0.05, 0) is 12.8 Å². The Labute approximate surface area is 95.5 Å². The van der Waals surface area contributed by atoms with Crippen molar-refractivity contribution in [3.63, 3.8) is 0 Å². The van der Waals surface area contributed by atoms with E-state index in [-0.39, 0.29) is 18.3 Å². The summed E-state index contributed by atoms with van der Waals surface area (Å²) >= 11 is 0. The van der Waals surface area contributed by atoms with E-state index < -0.39 is 5.97 Å². The zero-order valence-corrected chi connectivity index (χ0v) is 9.86. The maximum Gasteiger partial charge on any atom is 0.383 e. The quantitative estimate of drug-likeness (QED) is 0.287. The molecule has 0 radical (unpaired) electrons. The van der Waals surface area contributed by atoms with Crippen molar-refractivity contribution in [1.82, 2.24) is 0 Å². The monoisotopic (exact) mass is 227 g/mol. The van der Waals surface area contributed by atoms with E-state index in [2.05, 4.69) is 4.89 Å². The molecule has 0 aliphatic rings. The van der Waals surface area contributed by atoms with Crippen LogP contribution in [0.5, 0.6) is 0 Å². The predicted molar refractivity (Wildman–Crippen MR) is 57.1 cm³/mol. The third-order valence-electron chi connectivity index (χ3n) is 1.93. The fourth-order valence-corrected chi connectivity index (χ4v) is 0.940. The van der Waals surface area contributed by atoms with Crippen molar-refractivity contribution in [2.75, 3.05) is 13.7 Å². The first-order valence-electron chi connectivity index (χ1n) is 5.16. The number of nitriles is 1. The van der Waals surface area contributed by atoms with Gasteiger partial charge < -0.3 is 4.74 Å². The number of nitrogens with zero attached hydrogens (tertiary/aromatic N) is 1. The number of hydrogen-bond acceptors (Lipinski definition) is 5. The highest BCUT2D eigenvalue weighted by Gasteiger charge is 2.12. The molecule has 0 spiro atoms. The third-order valence-corrected chi connectivity index (χ3v) is 1.93. The van der Waals surface area contributed by atoms with Gasteiger partial charge in [0.2, 0.25) is 0 Å². The van der Waals surface area contributed by atoms with Crippen molar-refractivity contribution >= 4 is 5.97 Å². The van der Waals surface area contributed by atoms with Crippen LogP contribution in [0, 0.1) is 11.3 Å². The van der Waals surface area contributed by atoms with Crippen molar-refractivity contribution in [2.24, 2.45) is 0 Å². The minimum Gasteiger partial charge on any atom is -0.379 e. The van der Waals surface area contributed by atoms with Crippen molar-refractivity contribution in [3.8, 4) is 6.07 Å². The van der Waals surface area contributed by atoms with E-state index in [1.54, 1.807) is 13.2 Å². The number of ether oxygens (including phenoxy) is 1. The lowest BCUT2D eigenvalue weighted by Gasteiger charge is -2.11. The van der Waals surface area contributed by atoms with E-state index in [9.17, 15) is 4.79 Å². The topological polar surface area (TPSA) is 68.6 Å². The van der Waals surface area contributed by atoms with Crippen LogP contribution in [-0.4, -0.2) is 25.8 Å². The van der Waals surface area contributed by atoms with Crippen LogP contribution >= 0.6 is 0 Å². The second kappa shape index (κ2) is 8.89. The normalized spacial score (nSPS) is 13.0. The molecule has 0 aliphatic carbocycles. The summed E-state index contributed by atoms with van der Waals surface area (Å²) in [6.07, 6.45) is 2.71. The molecule has 0 saturated carbocycles. The lowest BCUT2D eigenvalue weighted by Crippen LogP contribution is -2.19. The fourth-order valence-electron chi connectivity index (χ4n) is 0.940. The molecule has 0 aromatic rings. The van der Waals surface area contributed by atoms with Gasteiger partial charge in [0.05, 0.1) is 6.10 Å². The Balaban J connectivity index is 3.98. The van der Waals surface area contributed by atoms with Crippen LogP contribution in [0.15, 0.2) is 11.6 Å². The van der Waals surface area contributed by atoms with Gasteiger partial charge in [-0.2, -0.15) is 10.1 Å². The van der Waals surface area contributed by atoms with Crippen LogP contribution in [0.3, 0.4) is 0 Å². The van der Waals surface area contributed by atoms with E-state index in [0.29, 0.717) is 6.42 Å². The maximum absolute atomic E-state index is 11.2. The zero-order chi connectivity index (χ0) is 12.4. The molecule has 5 heteroatoms. The molecule has 0 amide bonds. The van der Waals surface area contributed by atoms with Gasteiger partial charge in [-0.3, -0.25) is 4.89 Å². The lowest BCUT2D eigenvalue weighted by molar-refractivity contribution is -0.278. The summed E-state index contributed by atoms with van der Waals surface area (Å²) in [5.74, 6) is -0.768. The number of carbonyl (C=O) groups is 1. The molecule has 0 saturated heterocycles. The third kappa shape index (κ3) is 5.49. The molecule has 0 fully saturated rings.